The Kier molecular flexibility index (Phi) is 4.33. The normalized spacial score (nSPS) is 19.4. The van der Waals surface area contributed by atoms with Crippen LogP contribution in [-0.4, -0.2) is 31.6 Å². The molecule has 0 bridgehead atoms. The van der Waals surface area contributed by atoms with Crippen LogP contribution in [0.1, 0.15) is 26.7 Å². The minimum absolute atomic E-state index is 0.0923. The molecule has 0 heterocycles. The molecule has 0 fully saturated rings. The number of hydrogen-bond acceptors (Lipinski definition) is 4. The highest BCUT2D eigenvalue weighted by Crippen LogP contribution is 2.40. The lowest BCUT2D eigenvalue weighted by atomic mass is 9.85. The molecular weight excluding hydrogens is 224 g/mol. The third-order valence-electron chi connectivity index (χ3n) is 2.42. The van der Waals surface area contributed by atoms with E-state index in [1.165, 1.54) is 0 Å². The summed E-state index contributed by atoms with van der Waals surface area (Å²) in [6.07, 6.45) is 0.185. The molecule has 0 saturated carbocycles. The van der Waals surface area contributed by atoms with Crippen LogP contribution in [0.5, 0.6) is 0 Å². The van der Waals surface area contributed by atoms with Crippen molar-refractivity contribution < 1.29 is 19.8 Å². The van der Waals surface area contributed by atoms with Gasteiger partial charge in [0.05, 0.1) is 0 Å². The van der Waals surface area contributed by atoms with Crippen LogP contribution >= 0.6 is 25.3 Å². The van der Waals surface area contributed by atoms with Crippen molar-refractivity contribution in [2.24, 2.45) is 0 Å². The number of carboxylic acid groups (broad SMARTS) is 2. The minimum atomic E-state index is -1.66. The second kappa shape index (κ2) is 4.44. The van der Waals surface area contributed by atoms with Gasteiger partial charge in [-0.05, 0) is 12.8 Å². The summed E-state index contributed by atoms with van der Waals surface area (Å²) in [6, 6.07) is 0. The standard InChI is InChI=1S/C8H14O4S2/c1-3-7(13,5(9)10)8(14,4-2)6(11)12/h13-14H,3-4H2,1-2H3,(H,9,10)(H,11,12). The highest BCUT2D eigenvalue weighted by molar-refractivity contribution is 7.87. The smallest absolute Gasteiger partial charge is 0.321 e. The van der Waals surface area contributed by atoms with Crippen LogP contribution in [-0.2, 0) is 9.59 Å². The first-order valence-corrected chi connectivity index (χ1v) is 5.07. The molecule has 2 atom stereocenters. The van der Waals surface area contributed by atoms with Gasteiger partial charge in [0.1, 0.15) is 9.49 Å². The zero-order chi connectivity index (χ0) is 11.6. The van der Waals surface area contributed by atoms with Crippen LogP contribution in [0.4, 0.5) is 0 Å². The maximum Gasteiger partial charge on any atom is 0.321 e. The summed E-state index contributed by atoms with van der Waals surface area (Å²) in [7, 11) is 0. The minimum Gasteiger partial charge on any atom is -0.480 e. The Morgan fingerprint density at radius 1 is 1.00 bits per heavy atom. The van der Waals surface area contributed by atoms with Crippen molar-refractivity contribution in [3.05, 3.63) is 0 Å². The summed E-state index contributed by atoms with van der Waals surface area (Å²) in [5, 5.41) is 17.9. The van der Waals surface area contributed by atoms with Crippen LogP contribution < -0.4 is 0 Å². The van der Waals surface area contributed by atoms with Crippen molar-refractivity contribution in [1.82, 2.24) is 0 Å². The summed E-state index contributed by atoms with van der Waals surface area (Å²) in [5.41, 5.74) is 0. The molecule has 2 unspecified atom stereocenters. The topological polar surface area (TPSA) is 74.6 Å². The van der Waals surface area contributed by atoms with Crippen LogP contribution in [0, 0.1) is 0 Å². The van der Waals surface area contributed by atoms with E-state index in [-0.39, 0.29) is 12.8 Å². The van der Waals surface area contributed by atoms with Gasteiger partial charge in [-0.2, -0.15) is 25.3 Å². The second-order valence-electron chi connectivity index (χ2n) is 3.04. The first-order valence-electron chi connectivity index (χ1n) is 4.17. The fourth-order valence-corrected chi connectivity index (χ4v) is 1.75. The van der Waals surface area contributed by atoms with Gasteiger partial charge >= 0.3 is 11.9 Å². The molecule has 0 aliphatic heterocycles. The molecule has 0 aromatic heterocycles. The van der Waals surface area contributed by atoms with E-state index in [9.17, 15) is 9.59 Å². The van der Waals surface area contributed by atoms with Gasteiger partial charge in [-0.15, -0.1) is 0 Å². The summed E-state index contributed by atoms with van der Waals surface area (Å²) in [5.74, 6) is -2.52. The highest BCUT2D eigenvalue weighted by Gasteiger charge is 2.55. The van der Waals surface area contributed by atoms with Gasteiger partial charge < -0.3 is 10.2 Å². The van der Waals surface area contributed by atoms with Crippen molar-refractivity contribution in [3.8, 4) is 0 Å². The van der Waals surface area contributed by atoms with E-state index in [1.54, 1.807) is 13.8 Å². The van der Waals surface area contributed by atoms with Gasteiger partial charge in [0, 0.05) is 0 Å². The molecule has 2 N–H and O–H groups in total. The second-order valence-corrected chi connectivity index (χ2v) is 4.56. The van der Waals surface area contributed by atoms with E-state index < -0.39 is 21.4 Å². The molecule has 82 valence electrons. The molecule has 0 aromatic rings. The van der Waals surface area contributed by atoms with Gasteiger partial charge in [0.25, 0.3) is 0 Å². The van der Waals surface area contributed by atoms with Crippen molar-refractivity contribution in [3.63, 3.8) is 0 Å². The Hall–Kier alpha value is -0.360. The molecule has 0 saturated heterocycles. The van der Waals surface area contributed by atoms with Crippen LogP contribution in [0.2, 0.25) is 0 Å². The van der Waals surface area contributed by atoms with E-state index in [0.29, 0.717) is 0 Å². The van der Waals surface area contributed by atoms with Crippen LogP contribution in [0.3, 0.4) is 0 Å². The number of carboxylic acids is 2. The van der Waals surface area contributed by atoms with Gasteiger partial charge in [0.2, 0.25) is 0 Å². The summed E-state index contributed by atoms with van der Waals surface area (Å²) in [6.45, 7) is 3.15. The zero-order valence-corrected chi connectivity index (χ0v) is 9.81. The lowest BCUT2D eigenvalue weighted by Gasteiger charge is -2.36. The lowest BCUT2D eigenvalue weighted by Crippen LogP contribution is -2.56. The van der Waals surface area contributed by atoms with Crippen LogP contribution in [0.25, 0.3) is 0 Å². The van der Waals surface area contributed by atoms with Crippen LogP contribution in [0.15, 0.2) is 0 Å². The number of carbonyl (C=O) groups is 2. The fourth-order valence-electron chi connectivity index (χ4n) is 1.24. The Bertz CT molecular complexity index is 230. The highest BCUT2D eigenvalue weighted by atomic mass is 32.1. The predicted octanol–water partition coefficient (Wildman–Crippen LogP) is 1.31. The molecule has 14 heavy (non-hydrogen) atoms. The number of hydrogen-bond donors (Lipinski definition) is 4. The molecule has 0 spiro atoms. The van der Waals surface area contributed by atoms with Crippen molar-refractivity contribution in [1.29, 1.82) is 0 Å². The average molecular weight is 238 g/mol. The molecule has 0 aromatic carbocycles. The van der Waals surface area contributed by atoms with E-state index in [1.807, 2.05) is 0 Å². The largest absolute Gasteiger partial charge is 0.480 e. The first kappa shape index (κ1) is 13.6. The van der Waals surface area contributed by atoms with Crippen molar-refractivity contribution in [2.45, 2.75) is 36.2 Å². The molecular formula is C8H14O4S2. The monoisotopic (exact) mass is 238 g/mol. The van der Waals surface area contributed by atoms with Gasteiger partial charge in [0.15, 0.2) is 0 Å². The number of aliphatic carboxylic acids is 2. The van der Waals surface area contributed by atoms with Gasteiger partial charge in [-0.3, -0.25) is 9.59 Å². The van der Waals surface area contributed by atoms with Crippen molar-refractivity contribution in [2.75, 3.05) is 0 Å². The van der Waals surface area contributed by atoms with E-state index in [0.717, 1.165) is 0 Å². The Balaban J connectivity index is 5.37. The number of rotatable bonds is 5. The average Bonchev–Trinajstić information content (AvgIpc) is 2.14. The lowest BCUT2D eigenvalue weighted by molar-refractivity contribution is -0.149. The van der Waals surface area contributed by atoms with Crippen molar-refractivity contribution >= 4 is 37.2 Å². The van der Waals surface area contributed by atoms with E-state index >= 15 is 0 Å². The predicted molar refractivity (Wildman–Crippen MR) is 59.3 cm³/mol. The Morgan fingerprint density at radius 3 is 1.29 bits per heavy atom. The first-order chi connectivity index (χ1) is 6.26. The molecule has 6 heteroatoms. The SMILES string of the molecule is CCC(S)(C(=O)O)C(S)(CC)C(=O)O. The maximum absolute atomic E-state index is 11.0. The molecule has 0 aliphatic carbocycles. The van der Waals surface area contributed by atoms with Gasteiger partial charge in [-0.25, -0.2) is 0 Å². The third kappa shape index (κ3) is 1.86. The Morgan fingerprint density at radius 2 is 1.21 bits per heavy atom. The fraction of sp³-hybridized carbons (Fsp3) is 0.750. The van der Waals surface area contributed by atoms with E-state index in [2.05, 4.69) is 25.3 Å². The summed E-state index contributed by atoms with van der Waals surface area (Å²) < 4.78 is -3.31. The third-order valence-corrected chi connectivity index (χ3v) is 4.37. The summed E-state index contributed by atoms with van der Waals surface area (Å²) in [4.78, 5) is 21.9. The molecule has 0 rings (SSSR count). The van der Waals surface area contributed by atoms with E-state index in [4.69, 9.17) is 10.2 Å². The summed E-state index contributed by atoms with van der Waals surface area (Å²) >= 11 is 7.91. The zero-order valence-electron chi connectivity index (χ0n) is 8.02. The quantitative estimate of drug-likeness (QED) is 0.545. The molecule has 0 radical (unpaired) electrons. The Labute approximate surface area is 93.5 Å². The molecule has 4 nitrogen and oxygen atoms in total. The number of thiol groups is 2. The molecule has 0 aliphatic rings. The molecule has 0 amide bonds. The maximum atomic E-state index is 11.0. The van der Waals surface area contributed by atoms with Gasteiger partial charge in [-0.1, -0.05) is 13.8 Å².